The van der Waals surface area contributed by atoms with Gasteiger partial charge in [-0.3, -0.25) is 14.4 Å². The number of anilines is 6. The van der Waals surface area contributed by atoms with Crippen molar-refractivity contribution in [2.45, 2.75) is 13.5 Å². The number of halogens is 1. The number of aliphatic hydroxyl groups is 1. The number of hydrogen-bond donors (Lipinski definition) is 5. The van der Waals surface area contributed by atoms with E-state index in [1.165, 1.54) is 19.2 Å². The third-order valence-electron chi connectivity index (χ3n) is 6.54. The fraction of sp³-hybridized carbons (Fsp3) is 0.250. The van der Waals surface area contributed by atoms with Gasteiger partial charge in [0.25, 0.3) is 5.91 Å². The van der Waals surface area contributed by atoms with Crippen molar-refractivity contribution in [2.75, 3.05) is 54.1 Å². The highest BCUT2D eigenvalue weighted by Crippen LogP contribution is 2.35. The van der Waals surface area contributed by atoms with E-state index in [-0.39, 0.29) is 35.2 Å². The molecule has 1 aromatic heterocycles. The highest BCUT2D eigenvalue weighted by atomic mass is 35.5. The average Bonchev–Trinajstić information content (AvgIpc) is 2.98. The molecular weight excluding hydrogens is 548 g/mol. The monoisotopic (exact) mass is 578 g/mol. The molecule has 1 aliphatic rings. The van der Waals surface area contributed by atoms with Crippen molar-refractivity contribution < 1.29 is 19.5 Å². The summed E-state index contributed by atoms with van der Waals surface area (Å²) in [6, 6.07) is 10.4. The lowest BCUT2D eigenvalue weighted by Crippen LogP contribution is -2.48. The van der Waals surface area contributed by atoms with Crippen LogP contribution in [0.5, 0.6) is 0 Å². The van der Waals surface area contributed by atoms with Crippen LogP contribution >= 0.6 is 11.6 Å². The third-order valence-corrected chi connectivity index (χ3v) is 6.82. The minimum atomic E-state index is -0.402. The summed E-state index contributed by atoms with van der Waals surface area (Å²) in [5.41, 5.74) is 3.07. The van der Waals surface area contributed by atoms with Gasteiger partial charge in [0.15, 0.2) is 5.82 Å². The number of benzene rings is 2. The third kappa shape index (κ3) is 6.91. The van der Waals surface area contributed by atoms with E-state index in [1.54, 1.807) is 48.3 Å². The molecule has 214 valence electrons. The molecular formula is C28H31ClN8O4. The van der Waals surface area contributed by atoms with E-state index in [4.69, 9.17) is 11.6 Å². The van der Waals surface area contributed by atoms with Gasteiger partial charge in [-0.1, -0.05) is 30.3 Å². The molecule has 12 nitrogen and oxygen atoms in total. The lowest BCUT2D eigenvalue weighted by atomic mass is 10.1. The summed E-state index contributed by atoms with van der Waals surface area (Å²) in [5.74, 6) is -0.255. The van der Waals surface area contributed by atoms with E-state index < -0.39 is 5.91 Å². The van der Waals surface area contributed by atoms with Gasteiger partial charge in [0, 0.05) is 51.4 Å². The van der Waals surface area contributed by atoms with Gasteiger partial charge < -0.3 is 36.2 Å². The standard InChI is InChI=1S/C28H31ClN8O4/c1-4-25(40)32-23-14-22(18(16-38)13-24(23)37-11-9-36(10-12-37)17(2)39)34-28-31-15-20(29)26(35-28)33-21-8-6-5-7-19(21)27(41)30-3/h4-8,13-15,38H,1,9-12,16H2,2-3H3,(H,30,41)(H,32,40)(H2,31,33,34,35). The SMILES string of the molecule is C=CC(=O)Nc1cc(Nc2ncc(Cl)c(Nc3ccccc3C(=O)NC)n2)c(CO)cc1N1CCN(C(C)=O)CC1. The quantitative estimate of drug-likeness (QED) is 0.241. The van der Waals surface area contributed by atoms with Crippen LogP contribution in [0.25, 0.3) is 0 Å². The topological polar surface area (TPSA) is 152 Å². The number of rotatable bonds is 9. The van der Waals surface area contributed by atoms with Gasteiger partial charge in [-0.2, -0.15) is 4.98 Å². The number of nitrogens with zero attached hydrogens (tertiary/aromatic N) is 4. The average molecular weight is 579 g/mol. The summed E-state index contributed by atoms with van der Waals surface area (Å²) >= 11 is 6.37. The Morgan fingerprint density at radius 2 is 1.80 bits per heavy atom. The summed E-state index contributed by atoms with van der Waals surface area (Å²) in [7, 11) is 1.54. The van der Waals surface area contributed by atoms with Crippen LogP contribution in [0, 0.1) is 0 Å². The van der Waals surface area contributed by atoms with Crippen molar-refractivity contribution in [3.63, 3.8) is 0 Å². The number of aromatic nitrogens is 2. The van der Waals surface area contributed by atoms with Gasteiger partial charge >= 0.3 is 0 Å². The van der Waals surface area contributed by atoms with Crippen LogP contribution in [0.4, 0.5) is 34.5 Å². The molecule has 1 fully saturated rings. The Morgan fingerprint density at radius 1 is 1.07 bits per heavy atom. The number of para-hydroxylation sites is 1. The molecule has 0 bridgehead atoms. The first-order chi connectivity index (χ1) is 19.7. The molecule has 41 heavy (non-hydrogen) atoms. The number of amides is 3. The number of piperazine rings is 1. The Kier molecular flexibility index (Phi) is 9.37. The Hall–Kier alpha value is -4.68. The largest absolute Gasteiger partial charge is 0.392 e. The Morgan fingerprint density at radius 3 is 2.46 bits per heavy atom. The number of aliphatic hydroxyl groups excluding tert-OH is 1. The lowest BCUT2D eigenvalue weighted by molar-refractivity contribution is -0.129. The summed E-state index contributed by atoms with van der Waals surface area (Å²) in [6.45, 7) is 6.95. The molecule has 1 saturated heterocycles. The Labute approximate surface area is 242 Å². The number of hydrogen-bond acceptors (Lipinski definition) is 9. The van der Waals surface area contributed by atoms with Crippen LogP contribution in [0.2, 0.25) is 5.02 Å². The van der Waals surface area contributed by atoms with Crippen LogP contribution in [0.3, 0.4) is 0 Å². The zero-order valence-corrected chi connectivity index (χ0v) is 23.5. The second-order valence-electron chi connectivity index (χ2n) is 9.14. The molecule has 1 aliphatic heterocycles. The maximum atomic E-state index is 12.3. The zero-order chi connectivity index (χ0) is 29.5. The lowest BCUT2D eigenvalue weighted by Gasteiger charge is -2.37. The molecule has 2 aromatic carbocycles. The van der Waals surface area contributed by atoms with Crippen molar-refractivity contribution >= 4 is 63.8 Å². The van der Waals surface area contributed by atoms with Crippen LogP contribution in [0.15, 0.2) is 55.3 Å². The normalized spacial score (nSPS) is 12.9. The van der Waals surface area contributed by atoms with Crippen LogP contribution in [-0.2, 0) is 16.2 Å². The molecule has 4 rings (SSSR count). The molecule has 0 radical (unpaired) electrons. The minimum Gasteiger partial charge on any atom is -0.392 e. The van der Waals surface area contributed by atoms with Crippen molar-refractivity contribution in [1.29, 1.82) is 0 Å². The van der Waals surface area contributed by atoms with E-state index in [0.29, 0.717) is 60.1 Å². The fourth-order valence-electron chi connectivity index (χ4n) is 4.37. The second-order valence-corrected chi connectivity index (χ2v) is 9.54. The van der Waals surface area contributed by atoms with Crippen LogP contribution in [-0.4, -0.2) is 70.9 Å². The molecule has 0 atom stereocenters. The predicted molar refractivity (Wildman–Crippen MR) is 159 cm³/mol. The van der Waals surface area contributed by atoms with Gasteiger partial charge in [0.2, 0.25) is 17.8 Å². The zero-order valence-electron chi connectivity index (χ0n) is 22.7. The summed E-state index contributed by atoms with van der Waals surface area (Å²) in [4.78, 5) is 48.9. The van der Waals surface area contributed by atoms with Crippen molar-refractivity contribution in [2.24, 2.45) is 0 Å². The Bertz CT molecular complexity index is 1470. The van der Waals surface area contributed by atoms with Crippen molar-refractivity contribution in [1.82, 2.24) is 20.2 Å². The van der Waals surface area contributed by atoms with Gasteiger partial charge in [-0.15, -0.1) is 0 Å². The molecule has 2 heterocycles. The smallest absolute Gasteiger partial charge is 0.253 e. The second kappa shape index (κ2) is 13.1. The molecule has 0 aliphatic carbocycles. The minimum absolute atomic E-state index is 0.00868. The maximum absolute atomic E-state index is 12.3. The molecule has 0 saturated carbocycles. The van der Waals surface area contributed by atoms with Gasteiger partial charge in [-0.05, 0) is 30.3 Å². The molecule has 5 N–H and O–H groups in total. The number of carbonyl (C=O) groups excluding carboxylic acids is 3. The van der Waals surface area contributed by atoms with E-state index in [0.717, 1.165) is 0 Å². The molecule has 13 heteroatoms. The highest BCUT2D eigenvalue weighted by Gasteiger charge is 2.23. The van der Waals surface area contributed by atoms with Crippen molar-refractivity contribution in [3.8, 4) is 0 Å². The Balaban J connectivity index is 1.66. The number of carbonyl (C=O) groups is 3. The first kappa shape index (κ1) is 29.3. The van der Waals surface area contributed by atoms with Gasteiger partial charge in [0.05, 0.1) is 35.4 Å². The molecule has 3 aromatic rings. The summed E-state index contributed by atoms with van der Waals surface area (Å²) in [6.07, 6.45) is 2.57. The van der Waals surface area contributed by atoms with E-state index >= 15 is 0 Å². The highest BCUT2D eigenvalue weighted by molar-refractivity contribution is 6.33. The summed E-state index contributed by atoms with van der Waals surface area (Å²) in [5, 5.41) is 22.1. The molecule has 3 amide bonds. The maximum Gasteiger partial charge on any atom is 0.253 e. The predicted octanol–water partition coefficient (Wildman–Crippen LogP) is 3.26. The van der Waals surface area contributed by atoms with Gasteiger partial charge in [-0.25, -0.2) is 4.98 Å². The first-order valence-corrected chi connectivity index (χ1v) is 13.2. The van der Waals surface area contributed by atoms with E-state index in [2.05, 4.69) is 37.8 Å². The van der Waals surface area contributed by atoms with E-state index in [1.807, 2.05) is 4.90 Å². The molecule has 0 spiro atoms. The molecule has 0 unspecified atom stereocenters. The first-order valence-electron chi connectivity index (χ1n) is 12.8. The number of nitrogens with one attached hydrogen (secondary N) is 4. The van der Waals surface area contributed by atoms with Crippen LogP contribution in [0.1, 0.15) is 22.8 Å². The summed E-state index contributed by atoms with van der Waals surface area (Å²) < 4.78 is 0. The van der Waals surface area contributed by atoms with Crippen molar-refractivity contribution in [3.05, 3.63) is 71.4 Å². The van der Waals surface area contributed by atoms with Crippen LogP contribution < -0.4 is 26.2 Å². The van der Waals surface area contributed by atoms with E-state index in [9.17, 15) is 19.5 Å². The fourth-order valence-corrected chi connectivity index (χ4v) is 4.51. The van der Waals surface area contributed by atoms with Gasteiger partial charge in [0.1, 0.15) is 5.02 Å².